The molecule has 17 heavy (non-hydrogen) atoms. The van der Waals surface area contributed by atoms with Gasteiger partial charge in [-0.25, -0.2) is 0 Å². The lowest BCUT2D eigenvalue weighted by Crippen LogP contribution is -2.09. The van der Waals surface area contributed by atoms with E-state index in [2.05, 4.69) is 15.5 Å². The van der Waals surface area contributed by atoms with Gasteiger partial charge in [-0.1, -0.05) is 23.2 Å². The molecule has 0 aliphatic carbocycles. The summed E-state index contributed by atoms with van der Waals surface area (Å²) in [5.41, 5.74) is 0.517. The van der Waals surface area contributed by atoms with Gasteiger partial charge in [0.05, 0.1) is 5.69 Å². The van der Waals surface area contributed by atoms with Crippen molar-refractivity contribution in [3.05, 3.63) is 34.1 Å². The van der Waals surface area contributed by atoms with Crippen molar-refractivity contribution in [2.75, 3.05) is 0 Å². The molecule has 0 bridgehead atoms. The minimum atomic E-state index is -1.02. The summed E-state index contributed by atoms with van der Waals surface area (Å²) in [5, 5.41) is 20.3. The molecule has 0 unspecified atom stereocenters. The lowest BCUT2D eigenvalue weighted by Gasteiger charge is -2.04. The van der Waals surface area contributed by atoms with Crippen LogP contribution in [0.25, 0.3) is 5.69 Å². The van der Waals surface area contributed by atoms with E-state index in [0.29, 0.717) is 15.7 Å². The van der Waals surface area contributed by atoms with Gasteiger partial charge in [-0.15, -0.1) is 5.10 Å². The predicted molar refractivity (Wildman–Crippen MR) is 60.5 cm³/mol. The van der Waals surface area contributed by atoms with Gasteiger partial charge in [0.1, 0.15) is 6.42 Å². The van der Waals surface area contributed by atoms with Gasteiger partial charge < -0.3 is 5.11 Å². The monoisotopic (exact) mass is 272 g/mol. The Labute approximate surface area is 106 Å². The Morgan fingerprint density at radius 2 is 1.94 bits per heavy atom. The quantitative estimate of drug-likeness (QED) is 0.918. The summed E-state index contributed by atoms with van der Waals surface area (Å²) in [6, 6.07) is 4.75. The Balaban J connectivity index is 2.45. The van der Waals surface area contributed by atoms with E-state index in [0.717, 1.165) is 0 Å². The van der Waals surface area contributed by atoms with Crippen LogP contribution in [-0.4, -0.2) is 31.3 Å². The Morgan fingerprint density at radius 1 is 1.29 bits per heavy atom. The average Bonchev–Trinajstić information content (AvgIpc) is 2.63. The van der Waals surface area contributed by atoms with Gasteiger partial charge in [-0.05, 0) is 28.6 Å². The van der Waals surface area contributed by atoms with Crippen molar-refractivity contribution >= 4 is 29.2 Å². The molecule has 0 saturated carbocycles. The van der Waals surface area contributed by atoms with E-state index >= 15 is 0 Å². The number of aliphatic carboxylic acids is 1. The van der Waals surface area contributed by atoms with Crippen LogP contribution < -0.4 is 0 Å². The molecule has 0 spiro atoms. The second kappa shape index (κ2) is 4.68. The average molecular weight is 273 g/mol. The van der Waals surface area contributed by atoms with Gasteiger partial charge in [0.15, 0.2) is 5.82 Å². The molecule has 1 aromatic carbocycles. The third-order valence-electron chi connectivity index (χ3n) is 1.94. The number of rotatable bonds is 3. The van der Waals surface area contributed by atoms with Crippen LogP contribution >= 0.6 is 23.2 Å². The molecule has 1 heterocycles. The fourth-order valence-electron chi connectivity index (χ4n) is 1.31. The molecular formula is C9H6Cl2N4O2. The number of benzene rings is 1. The van der Waals surface area contributed by atoms with Gasteiger partial charge in [0.25, 0.3) is 0 Å². The highest BCUT2D eigenvalue weighted by atomic mass is 35.5. The molecule has 2 aromatic rings. The molecule has 0 atom stereocenters. The largest absolute Gasteiger partial charge is 0.481 e. The summed E-state index contributed by atoms with van der Waals surface area (Å²) in [6.07, 6.45) is -0.281. The molecule has 0 fully saturated rings. The Morgan fingerprint density at radius 3 is 2.53 bits per heavy atom. The Kier molecular flexibility index (Phi) is 3.26. The van der Waals surface area contributed by atoms with Crippen LogP contribution in [0.1, 0.15) is 5.82 Å². The number of carboxylic acids is 1. The van der Waals surface area contributed by atoms with Crippen molar-refractivity contribution in [3.63, 3.8) is 0 Å². The first-order chi connectivity index (χ1) is 8.06. The summed E-state index contributed by atoms with van der Waals surface area (Å²) in [4.78, 5) is 10.6. The van der Waals surface area contributed by atoms with Crippen LogP contribution in [-0.2, 0) is 11.2 Å². The van der Waals surface area contributed by atoms with E-state index in [1.807, 2.05) is 0 Å². The van der Waals surface area contributed by atoms with Crippen LogP contribution in [0.2, 0.25) is 10.0 Å². The SMILES string of the molecule is O=C(O)Cc1nnnn1-c1cc(Cl)cc(Cl)c1. The molecule has 6 nitrogen and oxygen atoms in total. The van der Waals surface area contributed by atoms with Gasteiger partial charge in [-0.2, -0.15) is 4.68 Å². The molecule has 0 aliphatic heterocycles. The van der Waals surface area contributed by atoms with E-state index in [4.69, 9.17) is 28.3 Å². The van der Waals surface area contributed by atoms with E-state index in [9.17, 15) is 4.79 Å². The summed E-state index contributed by atoms with van der Waals surface area (Å²) in [5.74, 6) is -0.815. The first-order valence-corrected chi connectivity index (χ1v) is 5.27. The Hall–Kier alpha value is -1.66. The van der Waals surface area contributed by atoms with Gasteiger partial charge in [0, 0.05) is 10.0 Å². The molecule has 8 heteroatoms. The highest BCUT2D eigenvalue weighted by Crippen LogP contribution is 2.21. The zero-order valence-electron chi connectivity index (χ0n) is 8.34. The number of halogens is 2. The fraction of sp³-hybridized carbons (Fsp3) is 0.111. The number of nitrogens with zero attached hydrogens (tertiary/aromatic N) is 4. The van der Waals surface area contributed by atoms with Crippen LogP contribution in [0.3, 0.4) is 0 Å². The van der Waals surface area contributed by atoms with Crippen molar-refractivity contribution in [1.29, 1.82) is 0 Å². The van der Waals surface area contributed by atoms with Crippen molar-refractivity contribution in [2.45, 2.75) is 6.42 Å². The number of tetrazole rings is 1. The molecule has 1 aromatic heterocycles. The number of hydrogen-bond donors (Lipinski definition) is 1. The summed E-state index contributed by atoms with van der Waals surface area (Å²) < 4.78 is 1.28. The van der Waals surface area contributed by atoms with Crippen LogP contribution in [0, 0.1) is 0 Å². The molecule has 0 amide bonds. The molecule has 0 radical (unpaired) electrons. The summed E-state index contributed by atoms with van der Waals surface area (Å²) in [7, 11) is 0. The Bertz CT molecular complexity index is 550. The van der Waals surface area contributed by atoms with Gasteiger partial charge in [-0.3, -0.25) is 4.79 Å². The molecular weight excluding hydrogens is 267 g/mol. The van der Waals surface area contributed by atoms with Crippen LogP contribution in [0.15, 0.2) is 18.2 Å². The standard InChI is InChI=1S/C9H6Cl2N4O2/c10-5-1-6(11)3-7(2-5)15-8(4-9(16)17)12-13-14-15/h1-3H,4H2,(H,16,17). The predicted octanol–water partition coefficient (Wildman–Crippen LogP) is 1.60. The normalized spacial score (nSPS) is 10.5. The first-order valence-electron chi connectivity index (χ1n) is 4.52. The van der Waals surface area contributed by atoms with E-state index < -0.39 is 5.97 Å². The van der Waals surface area contributed by atoms with Crippen molar-refractivity contribution in [1.82, 2.24) is 20.2 Å². The van der Waals surface area contributed by atoms with Gasteiger partial charge >= 0.3 is 5.97 Å². The third-order valence-corrected chi connectivity index (χ3v) is 2.37. The topological polar surface area (TPSA) is 80.9 Å². The maximum absolute atomic E-state index is 10.6. The maximum Gasteiger partial charge on any atom is 0.311 e. The second-order valence-electron chi connectivity index (χ2n) is 3.21. The fourth-order valence-corrected chi connectivity index (χ4v) is 1.83. The lowest BCUT2D eigenvalue weighted by atomic mass is 10.3. The number of carboxylic acid groups (broad SMARTS) is 1. The number of carbonyl (C=O) groups is 1. The van der Waals surface area contributed by atoms with E-state index in [1.54, 1.807) is 18.2 Å². The summed E-state index contributed by atoms with van der Waals surface area (Å²) in [6.45, 7) is 0. The van der Waals surface area contributed by atoms with Crippen molar-refractivity contribution in [2.24, 2.45) is 0 Å². The van der Waals surface area contributed by atoms with Crippen LogP contribution in [0.4, 0.5) is 0 Å². The highest BCUT2D eigenvalue weighted by Gasteiger charge is 2.12. The summed E-state index contributed by atoms with van der Waals surface area (Å²) >= 11 is 11.7. The number of hydrogen-bond acceptors (Lipinski definition) is 4. The molecule has 0 aliphatic rings. The maximum atomic E-state index is 10.6. The highest BCUT2D eigenvalue weighted by molar-refractivity contribution is 6.34. The zero-order chi connectivity index (χ0) is 12.4. The second-order valence-corrected chi connectivity index (χ2v) is 4.08. The van der Waals surface area contributed by atoms with Crippen LogP contribution in [0.5, 0.6) is 0 Å². The first kappa shape index (κ1) is 11.8. The third kappa shape index (κ3) is 2.72. The van der Waals surface area contributed by atoms with E-state index in [-0.39, 0.29) is 12.2 Å². The number of aromatic nitrogens is 4. The molecule has 0 saturated heterocycles. The lowest BCUT2D eigenvalue weighted by molar-refractivity contribution is -0.136. The van der Waals surface area contributed by atoms with Gasteiger partial charge in [0.2, 0.25) is 0 Å². The molecule has 1 N–H and O–H groups in total. The zero-order valence-corrected chi connectivity index (χ0v) is 9.85. The van der Waals surface area contributed by atoms with Crippen molar-refractivity contribution in [3.8, 4) is 5.69 Å². The minimum Gasteiger partial charge on any atom is -0.481 e. The van der Waals surface area contributed by atoms with Crippen molar-refractivity contribution < 1.29 is 9.90 Å². The molecule has 88 valence electrons. The van der Waals surface area contributed by atoms with E-state index in [1.165, 1.54) is 4.68 Å². The minimum absolute atomic E-state index is 0.204. The smallest absolute Gasteiger partial charge is 0.311 e. The molecule has 2 rings (SSSR count).